The number of halogens is 2. The highest BCUT2D eigenvalue weighted by molar-refractivity contribution is 6.34. The zero-order chi connectivity index (χ0) is 17.7. The molecule has 0 aliphatic carbocycles. The Morgan fingerprint density at radius 1 is 1.12 bits per heavy atom. The first kappa shape index (κ1) is 18.0. The number of pyridine rings is 1. The SMILES string of the molecule is Cc1ccc(C)c(OCC(=O)NNC(=O)c2nc(Cl)ccc2Cl)c1. The molecule has 2 aromatic rings. The highest BCUT2D eigenvalue weighted by Gasteiger charge is 2.14. The van der Waals surface area contributed by atoms with E-state index in [9.17, 15) is 9.59 Å². The third-order valence-electron chi connectivity index (χ3n) is 3.04. The van der Waals surface area contributed by atoms with Crippen molar-refractivity contribution in [2.75, 3.05) is 6.61 Å². The fourth-order valence-electron chi connectivity index (χ4n) is 1.81. The number of carbonyl (C=O) groups is 2. The maximum atomic E-state index is 11.9. The van der Waals surface area contributed by atoms with Crippen LogP contribution < -0.4 is 15.6 Å². The first-order valence-electron chi connectivity index (χ1n) is 6.98. The van der Waals surface area contributed by atoms with Crippen LogP contribution in [-0.4, -0.2) is 23.4 Å². The lowest BCUT2D eigenvalue weighted by atomic mass is 10.1. The molecule has 0 saturated carbocycles. The van der Waals surface area contributed by atoms with E-state index in [0.29, 0.717) is 5.75 Å². The molecule has 0 spiro atoms. The number of carbonyl (C=O) groups excluding carboxylic acids is 2. The van der Waals surface area contributed by atoms with Gasteiger partial charge < -0.3 is 4.74 Å². The number of hydrogen-bond donors (Lipinski definition) is 2. The van der Waals surface area contributed by atoms with Crippen LogP contribution in [0.2, 0.25) is 10.2 Å². The van der Waals surface area contributed by atoms with Crippen LogP contribution in [0.1, 0.15) is 21.6 Å². The second kappa shape index (κ2) is 7.99. The fourth-order valence-corrected chi connectivity index (χ4v) is 2.14. The number of ether oxygens (including phenoxy) is 1. The van der Waals surface area contributed by atoms with Crippen LogP contribution in [0.4, 0.5) is 0 Å². The molecule has 1 heterocycles. The summed E-state index contributed by atoms with van der Waals surface area (Å²) in [6.07, 6.45) is 0. The van der Waals surface area contributed by atoms with Gasteiger partial charge in [0.15, 0.2) is 6.61 Å². The molecule has 0 saturated heterocycles. The first-order valence-corrected chi connectivity index (χ1v) is 7.73. The third-order valence-corrected chi connectivity index (χ3v) is 3.56. The van der Waals surface area contributed by atoms with E-state index in [1.807, 2.05) is 32.0 Å². The Kier molecular flexibility index (Phi) is 6.00. The van der Waals surface area contributed by atoms with E-state index < -0.39 is 11.8 Å². The number of nitrogens with zero attached hydrogens (tertiary/aromatic N) is 1. The average molecular weight is 368 g/mol. The molecule has 0 aliphatic heterocycles. The molecule has 8 heteroatoms. The van der Waals surface area contributed by atoms with Gasteiger partial charge in [-0.1, -0.05) is 35.3 Å². The molecule has 0 atom stereocenters. The summed E-state index contributed by atoms with van der Waals surface area (Å²) in [5.41, 5.74) is 6.28. The number of benzene rings is 1. The van der Waals surface area contributed by atoms with E-state index in [1.54, 1.807) is 0 Å². The lowest BCUT2D eigenvalue weighted by Gasteiger charge is -2.11. The Morgan fingerprint density at radius 3 is 2.62 bits per heavy atom. The number of rotatable bonds is 4. The summed E-state index contributed by atoms with van der Waals surface area (Å²) in [5.74, 6) is -0.596. The van der Waals surface area contributed by atoms with Gasteiger partial charge in [0, 0.05) is 0 Å². The molecule has 0 fully saturated rings. The van der Waals surface area contributed by atoms with Gasteiger partial charge in [0.2, 0.25) is 0 Å². The van der Waals surface area contributed by atoms with Crippen molar-refractivity contribution < 1.29 is 14.3 Å². The largest absolute Gasteiger partial charge is 0.483 e. The van der Waals surface area contributed by atoms with E-state index in [1.165, 1.54) is 12.1 Å². The third kappa shape index (κ3) is 4.84. The number of hydrazine groups is 1. The maximum Gasteiger partial charge on any atom is 0.289 e. The predicted octanol–water partition coefficient (Wildman–Crippen LogP) is 2.85. The van der Waals surface area contributed by atoms with Gasteiger partial charge in [-0.05, 0) is 43.2 Å². The maximum absolute atomic E-state index is 11.9. The summed E-state index contributed by atoms with van der Waals surface area (Å²) in [7, 11) is 0. The second-order valence-electron chi connectivity index (χ2n) is 5.02. The monoisotopic (exact) mass is 367 g/mol. The number of aryl methyl sites for hydroxylation is 2. The normalized spacial score (nSPS) is 10.2. The first-order chi connectivity index (χ1) is 11.4. The molecule has 0 bridgehead atoms. The summed E-state index contributed by atoms with van der Waals surface area (Å²) in [6.45, 7) is 3.55. The van der Waals surface area contributed by atoms with Crippen LogP contribution >= 0.6 is 23.2 Å². The Labute approximate surface area is 149 Å². The molecule has 1 aromatic heterocycles. The summed E-state index contributed by atoms with van der Waals surface area (Å²) in [4.78, 5) is 27.5. The van der Waals surface area contributed by atoms with E-state index in [0.717, 1.165) is 11.1 Å². The molecule has 2 N–H and O–H groups in total. The van der Waals surface area contributed by atoms with Crippen molar-refractivity contribution in [1.29, 1.82) is 0 Å². The van der Waals surface area contributed by atoms with Crippen LogP contribution in [0.25, 0.3) is 0 Å². The van der Waals surface area contributed by atoms with Crippen LogP contribution in [0.15, 0.2) is 30.3 Å². The van der Waals surface area contributed by atoms with Gasteiger partial charge in [0.1, 0.15) is 16.6 Å². The molecule has 0 aliphatic rings. The zero-order valence-electron chi connectivity index (χ0n) is 13.0. The zero-order valence-corrected chi connectivity index (χ0v) is 14.5. The highest BCUT2D eigenvalue weighted by Crippen LogP contribution is 2.19. The number of nitrogens with one attached hydrogen (secondary N) is 2. The minimum absolute atomic E-state index is 0.0834. The molecule has 126 valence electrons. The van der Waals surface area contributed by atoms with Gasteiger partial charge in [0.25, 0.3) is 11.8 Å². The van der Waals surface area contributed by atoms with Crippen molar-refractivity contribution >= 4 is 35.0 Å². The van der Waals surface area contributed by atoms with E-state index >= 15 is 0 Å². The average Bonchev–Trinajstić information content (AvgIpc) is 2.55. The minimum atomic E-state index is -0.678. The Balaban J connectivity index is 1.88. The van der Waals surface area contributed by atoms with E-state index in [-0.39, 0.29) is 22.5 Å². The molecule has 2 amide bonds. The van der Waals surface area contributed by atoms with Crippen LogP contribution in [0.5, 0.6) is 5.75 Å². The van der Waals surface area contributed by atoms with Crippen molar-refractivity contribution in [1.82, 2.24) is 15.8 Å². The number of hydrogen-bond acceptors (Lipinski definition) is 4. The van der Waals surface area contributed by atoms with Gasteiger partial charge in [-0.25, -0.2) is 4.98 Å². The molecule has 24 heavy (non-hydrogen) atoms. The van der Waals surface area contributed by atoms with Crippen molar-refractivity contribution in [3.63, 3.8) is 0 Å². The smallest absolute Gasteiger partial charge is 0.289 e. The van der Waals surface area contributed by atoms with Crippen LogP contribution in [-0.2, 0) is 4.79 Å². The van der Waals surface area contributed by atoms with Crippen molar-refractivity contribution in [3.05, 3.63) is 57.3 Å². The van der Waals surface area contributed by atoms with Crippen molar-refractivity contribution in [2.45, 2.75) is 13.8 Å². The Hall–Kier alpha value is -2.31. The standard InChI is InChI=1S/C16H15Cl2N3O3/c1-9-3-4-10(2)12(7-9)24-8-14(22)20-21-16(23)15-11(17)5-6-13(18)19-15/h3-7H,8H2,1-2H3,(H,20,22)(H,21,23). The molecular weight excluding hydrogens is 353 g/mol. The molecule has 2 rings (SSSR count). The van der Waals surface area contributed by atoms with E-state index in [4.69, 9.17) is 27.9 Å². The molecule has 0 unspecified atom stereocenters. The van der Waals surface area contributed by atoms with Crippen molar-refractivity contribution in [3.8, 4) is 5.75 Å². The summed E-state index contributed by atoms with van der Waals surface area (Å²) in [6, 6.07) is 8.58. The van der Waals surface area contributed by atoms with Gasteiger partial charge in [-0.15, -0.1) is 0 Å². The number of aromatic nitrogens is 1. The lowest BCUT2D eigenvalue weighted by Crippen LogP contribution is -2.44. The molecular formula is C16H15Cl2N3O3. The summed E-state index contributed by atoms with van der Waals surface area (Å²) in [5, 5.41) is 0.243. The molecule has 6 nitrogen and oxygen atoms in total. The van der Waals surface area contributed by atoms with Gasteiger partial charge >= 0.3 is 0 Å². The summed E-state index contributed by atoms with van der Waals surface area (Å²) < 4.78 is 5.43. The lowest BCUT2D eigenvalue weighted by molar-refractivity contribution is -0.123. The van der Waals surface area contributed by atoms with Gasteiger partial charge in [-0.2, -0.15) is 0 Å². The van der Waals surface area contributed by atoms with Crippen LogP contribution in [0.3, 0.4) is 0 Å². The fraction of sp³-hybridized carbons (Fsp3) is 0.188. The van der Waals surface area contributed by atoms with Gasteiger partial charge in [-0.3, -0.25) is 20.4 Å². The molecule has 0 radical (unpaired) electrons. The Bertz CT molecular complexity index is 781. The topological polar surface area (TPSA) is 80.3 Å². The minimum Gasteiger partial charge on any atom is -0.483 e. The van der Waals surface area contributed by atoms with Crippen LogP contribution in [0, 0.1) is 13.8 Å². The Morgan fingerprint density at radius 2 is 1.88 bits per heavy atom. The van der Waals surface area contributed by atoms with E-state index in [2.05, 4.69) is 15.8 Å². The highest BCUT2D eigenvalue weighted by atomic mass is 35.5. The van der Waals surface area contributed by atoms with Crippen molar-refractivity contribution in [2.24, 2.45) is 0 Å². The number of amides is 2. The van der Waals surface area contributed by atoms with Gasteiger partial charge in [0.05, 0.1) is 5.02 Å². The second-order valence-corrected chi connectivity index (χ2v) is 5.82. The summed E-state index contributed by atoms with van der Waals surface area (Å²) >= 11 is 11.6. The molecule has 1 aromatic carbocycles. The predicted molar refractivity (Wildman–Crippen MR) is 91.3 cm³/mol. The quantitative estimate of drug-likeness (QED) is 0.643.